The number of thiazole rings is 1. The van der Waals surface area contributed by atoms with Crippen molar-refractivity contribution in [3.63, 3.8) is 0 Å². The first-order chi connectivity index (χ1) is 15.2. The number of nitro groups is 1. The van der Waals surface area contributed by atoms with Crippen molar-refractivity contribution in [1.29, 1.82) is 0 Å². The van der Waals surface area contributed by atoms with E-state index in [1.807, 2.05) is 0 Å². The fourth-order valence-electron chi connectivity index (χ4n) is 2.52. The molecule has 166 valence electrons. The number of aliphatic carboxylic acids is 1. The van der Waals surface area contributed by atoms with Crippen molar-refractivity contribution in [3.05, 3.63) is 50.4 Å². The average Bonchev–Trinajstić information content (AvgIpc) is 3.33. The minimum Gasteiger partial charge on any atom is -0.483 e. The van der Waals surface area contributed by atoms with Crippen LogP contribution in [0.25, 0.3) is 6.08 Å². The fraction of sp³-hybridized carbons (Fsp3) is 0.167. The zero-order valence-corrected chi connectivity index (χ0v) is 18.5. The Hall–Kier alpha value is -3.36. The summed E-state index contributed by atoms with van der Waals surface area (Å²) in [6.45, 7) is -0.482. The van der Waals surface area contributed by atoms with Gasteiger partial charge in [0.2, 0.25) is 0 Å². The third-order valence-corrected chi connectivity index (χ3v) is 6.02. The first-order valence-corrected chi connectivity index (χ1v) is 10.9. The number of thioether (sulfide) groups is 1. The number of non-ortho nitro benzene ring substituents is 1. The van der Waals surface area contributed by atoms with Gasteiger partial charge in [0.15, 0.2) is 11.7 Å². The zero-order chi connectivity index (χ0) is 23.3. The van der Waals surface area contributed by atoms with Gasteiger partial charge in [0, 0.05) is 35.8 Å². The van der Waals surface area contributed by atoms with Gasteiger partial charge in [-0.05, 0) is 12.1 Å². The van der Waals surface area contributed by atoms with Gasteiger partial charge in [-0.1, -0.05) is 24.0 Å². The summed E-state index contributed by atoms with van der Waals surface area (Å²) >= 11 is 7.31. The van der Waals surface area contributed by atoms with Gasteiger partial charge in [-0.15, -0.1) is 11.3 Å². The Kier molecular flexibility index (Phi) is 7.50. The number of rotatable bonds is 9. The molecule has 0 radical (unpaired) electrons. The van der Waals surface area contributed by atoms with Crippen molar-refractivity contribution in [2.24, 2.45) is 0 Å². The SMILES string of the molecule is O=C(O)CCN1C(=O)C(=Cc2cc([N+](=O)[O-])ccc2OCC(=O)Nc2nccs2)SC1=S. The van der Waals surface area contributed by atoms with E-state index in [0.717, 1.165) is 16.7 Å². The predicted octanol–water partition coefficient (Wildman–Crippen LogP) is 2.74. The van der Waals surface area contributed by atoms with Crippen LogP contribution >= 0.6 is 35.3 Å². The lowest BCUT2D eigenvalue weighted by Gasteiger charge is -2.12. The van der Waals surface area contributed by atoms with Crippen molar-refractivity contribution >= 4 is 74.3 Å². The van der Waals surface area contributed by atoms with Gasteiger partial charge in [-0.3, -0.25) is 34.7 Å². The second-order valence-electron chi connectivity index (χ2n) is 6.13. The Morgan fingerprint density at radius 2 is 2.19 bits per heavy atom. The topological polar surface area (TPSA) is 152 Å². The smallest absolute Gasteiger partial charge is 0.305 e. The summed E-state index contributed by atoms with van der Waals surface area (Å²) in [6, 6.07) is 3.74. The number of anilines is 1. The lowest BCUT2D eigenvalue weighted by atomic mass is 10.1. The van der Waals surface area contributed by atoms with Crippen LogP contribution in [0.1, 0.15) is 12.0 Å². The summed E-state index contributed by atoms with van der Waals surface area (Å²) in [5.41, 5.74) is -0.0443. The summed E-state index contributed by atoms with van der Waals surface area (Å²) in [5, 5.41) is 24.6. The van der Waals surface area contributed by atoms with Crippen LogP contribution in [0, 0.1) is 10.1 Å². The fourth-order valence-corrected chi connectivity index (χ4v) is 4.36. The molecule has 2 aromatic rings. The Balaban J connectivity index is 1.81. The number of hydrogen-bond donors (Lipinski definition) is 2. The van der Waals surface area contributed by atoms with Gasteiger partial charge in [-0.2, -0.15) is 0 Å². The normalized spacial score (nSPS) is 14.6. The third kappa shape index (κ3) is 5.87. The second-order valence-corrected chi connectivity index (χ2v) is 8.70. The summed E-state index contributed by atoms with van der Waals surface area (Å²) < 4.78 is 5.69. The molecule has 3 rings (SSSR count). The number of carboxylic acids is 1. The van der Waals surface area contributed by atoms with E-state index >= 15 is 0 Å². The molecule has 0 saturated carbocycles. The van der Waals surface area contributed by atoms with E-state index in [4.69, 9.17) is 22.1 Å². The van der Waals surface area contributed by atoms with Crippen molar-refractivity contribution < 1.29 is 29.2 Å². The standard InChI is InChI=1S/C18H14N4O7S3/c23-14(20-17-19-4-6-31-17)9-29-12-2-1-11(22(27)28)7-10(12)8-13-16(26)21(18(30)32-13)5-3-15(24)25/h1-2,4,6-8H,3,5,9H2,(H,24,25)(H,19,20,23). The molecule has 0 bridgehead atoms. The van der Waals surface area contributed by atoms with Crippen LogP contribution < -0.4 is 10.1 Å². The largest absolute Gasteiger partial charge is 0.483 e. The Morgan fingerprint density at radius 1 is 1.41 bits per heavy atom. The van der Waals surface area contributed by atoms with Crippen LogP contribution in [0.15, 0.2) is 34.7 Å². The van der Waals surface area contributed by atoms with E-state index in [1.165, 1.54) is 41.8 Å². The molecule has 1 aromatic heterocycles. The first kappa shape index (κ1) is 23.3. The molecular weight excluding hydrogens is 480 g/mol. The van der Waals surface area contributed by atoms with E-state index in [-0.39, 0.29) is 39.2 Å². The molecule has 2 heterocycles. The molecular formula is C18H14N4O7S3. The van der Waals surface area contributed by atoms with Gasteiger partial charge in [-0.25, -0.2) is 4.98 Å². The molecule has 11 nitrogen and oxygen atoms in total. The Morgan fingerprint density at radius 3 is 2.84 bits per heavy atom. The van der Waals surface area contributed by atoms with E-state index < -0.39 is 29.3 Å². The second kappa shape index (κ2) is 10.3. The summed E-state index contributed by atoms with van der Waals surface area (Å²) in [6.07, 6.45) is 2.61. The molecule has 0 atom stereocenters. The van der Waals surface area contributed by atoms with Crippen LogP contribution in [0.2, 0.25) is 0 Å². The van der Waals surface area contributed by atoms with Gasteiger partial charge in [0.05, 0.1) is 16.2 Å². The number of hydrogen-bond acceptors (Lipinski definition) is 10. The first-order valence-electron chi connectivity index (χ1n) is 8.82. The van der Waals surface area contributed by atoms with Crippen molar-refractivity contribution in [2.45, 2.75) is 6.42 Å². The van der Waals surface area contributed by atoms with Crippen LogP contribution in [0.5, 0.6) is 5.75 Å². The number of nitrogens with one attached hydrogen (secondary N) is 1. The number of nitrogens with zero attached hydrogens (tertiary/aromatic N) is 3. The summed E-state index contributed by atoms with van der Waals surface area (Å²) in [5.74, 6) is -1.93. The number of ether oxygens (including phenoxy) is 1. The molecule has 32 heavy (non-hydrogen) atoms. The molecule has 2 amide bonds. The Labute approximate surface area is 194 Å². The number of amides is 2. The quantitative estimate of drug-likeness (QED) is 0.230. The highest BCUT2D eigenvalue weighted by Crippen LogP contribution is 2.35. The highest BCUT2D eigenvalue weighted by molar-refractivity contribution is 8.26. The van der Waals surface area contributed by atoms with Crippen LogP contribution in [0.3, 0.4) is 0 Å². The van der Waals surface area contributed by atoms with E-state index in [1.54, 1.807) is 5.38 Å². The molecule has 1 fully saturated rings. The minimum absolute atomic E-state index is 0.0907. The average molecular weight is 495 g/mol. The molecule has 1 aromatic carbocycles. The van der Waals surface area contributed by atoms with Gasteiger partial charge in [0.25, 0.3) is 17.5 Å². The number of aromatic nitrogens is 1. The number of benzene rings is 1. The number of carbonyl (C=O) groups excluding carboxylic acids is 2. The zero-order valence-electron chi connectivity index (χ0n) is 16.0. The van der Waals surface area contributed by atoms with Crippen molar-refractivity contribution in [2.75, 3.05) is 18.5 Å². The highest BCUT2D eigenvalue weighted by atomic mass is 32.2. The third-order valence-electron chi connectivity index (χ3n) is 3.95. The molecule has 0 unspecified atom stereocenters. The van der Waals surface area contributed by atoms with E-state index in [0.29, 0.717) is 5.13 Å². The molecule has 14 heteroatoms. The number of carboxylic acid groups (broad SMARTS) is 1. The molecule has 1 saturated heterocycles. The monoisotopic (exact) mass is 494 g/mol. The Bertz CT molecular complexity index is 1120. The van der Waals surface area contributed by atoms with Crippen LogP contribution in [0.4, 0.5) is 10.8 Å². The maximum atomic E-state index is 12.6. The number of nitro benzene ring substituents is 1. The number of thiocarbonyl (C=S) groups is 1. The lowest BCUT2D eigenvalue weighted by Crippen LogP contribution is -2.30. The summed E-state index contributed by atoms with van der Waals surface area (Å²) in [4.78, 5) is 51.3. The van der Waals surface area contributed by atoms with E-state index in [9.17, 15) is 24.5 Å². The predicted molar refractivity (Wildman–Crippen MR) is 121 cm³/mol. The van der Waals surface area contributed by atoms with Crippen molar-refractivity contribution in [1.82, 2.24) is 9.88 Å². The molecule has 0 aliphatic carbocycles. The van der Waals surface area contributed by atoms with E-state index in [2.05, 4.69) is 10.3 Å². The summed E-state index contributed by atoms with van der Waals surface area (Å²) in [7, 11) is 0. The molecule has 0 spiro atoms. The molecule has 1 aliphatic rings. The highest BCUT2D eigenvalue weighted by Gasteiger charge is 2.32. The maximum absolute atomic E-state index is 12.6. The van der Waals surface area contributed by atoms with Gasteiger partial charge >= 0.3 is 5.97 Å². The van der Waals surface area contributed by atoms with Crippen LogP contribution in [-0.2, 0) is 14.4 Å². The molecule has 2 N–H and O–H groups in total. The molecule has 1 aliphatic heterocycles. The van der Waals surface area contributed by atoms with Crippen LogP contribution in [-0.4, -0.2) is 55.2 Å². The lowest BCUT2D eigenvalue weighted by molar-refractivity contribution is -0.384. The van der Waals surface area contributed by atoms with Gasteiger partial charge < -0.3 is 9.84 Å². The minimum atomic E-state index is -1.08. The van der Waals surface area contributed by atoms with Crippen molar-refractivity contribution in [3.8, 4) is 5.75 Å². The van der Waals surface area contributed by atoms with Gasteiger partial charge in [0.1, 0.15) is 10.1 Å². The number of carbonyl (C=O) groups is 3. The maximum Gasteiger partial charge on any atom is 0.305 e.